The fourth-order valence-electron chi connectivity index (χ4n) is 4.95. The number of hydrogen-bond acceptors (Lipinski definition) is 4. The van der Waals surface area contributed by atoms with Gasteiger partial charge in [0.05, 0.1) is 10.4 Å². The van der Waals surface area contributed by atoms with Crippen molar-refractivity contribution in [1.82, 2.24) is 14.6 Å². The highest BCUT2D eigenvalue weighted by Crippen LogP contribution is 2.33. The van der Waals surface area contributed by atoms with Gasteiger partial charge in [-0.05, 0) is 48.1 Å². The molecular formula is C25H29N3O2S. The molecule has 1 saturated carbocycles. The molecule has 0 unspecified atom stereocenters. The summed E-state index contributed by atoms with van der Waals surface area (Å²) in [6.07, 6.45) is 8.13. The van der Waals surface area contributed by atoms with E-state index in [1.807, 2.05) is 24.4 Å². The van der Waals surface area contributed by atoms with Crippen LogP contribution in [0, 0.1) is 0 Å². The number of hydrogen-bond donors (Lipinski definition) is 1. The van der Waals surface area contributed by atoms with Gasteiger partial charge >= 0.3 is 0 Å². The Morgan fingerprint density at radius 1 is 0.935 bits per heavy atom. The number of para-hydroxylation sites is 1. The van der Waals surface area contributed by atoms with E-state index in [0.717, 1.165) is 17.4 Å². The van der Waals surface area contributed by atoms with Crippen molar-refractivity contribution in [2.24, 2.45) is 0 Å². The Morgan fingerprint density at radius 3 is 2.45 bits per heavy atom. The lowest BCUT2D eigenvalue weighted by molar-refractivity contribution is 0.133. The molecule has 0 amide bonds. The van der Waals surface area contributed by atoms with Gasteiger partial charge in [-0.1, -0.05) is 55.7 Å². The van der Waals surface area contributed by atoms with E-state index in [2.05, 4.69) is 38.9 Å². The average molecular weight is 436 g/mol. The molecule has 2 fully saturated rings. The van der Waals surface area contributed by atoms with Gasteiger partial charge in [0.15, 0.2) is 0 Å². The number of fused-ring (bicyclic) bond motifs is 1. The highest BCUT2D eigenvalue weighted by Gasteiger charge is 2.31. The van der Waals surface area contributed by atoms with E-state index in [1.165, 1.54) is 43.2 Å². The van der Waals surface area contributed by atoms with Crippen molar-refractivity contribution in [1.29, 1.82) is 0 Å². The number of likely N-dealkylation sites (tertiary alicyclic amines) is 1. The highest BCUT2D eigenvalue weighted by molar-refractivity contribution is 7.89. The van der Waals surface area contributed by atoms with Crippen LogP contribution >= 0.6 is 0 Å². The third-order valence-corrected chi connectivity index (χ3v) is 8.19. The number of sulfonamides is 1. The molecule has 0 radical (unpaired) electrons. The molecule has 5 nitrogen and oxygen atoms in total. The van der Waals surface area contributed by atoms with Crippen molar-refractivity contribution in [3.05, 3.63) is 71.9 Å². The zero-order valence-corrected chi connectivity index (χ0v) is 18.5. The van der Waals surface area contributed by atoms with Crippen LogP contribution in [0.4, 0.5) is 0 Å². The molecule has 2 aliphatic rings. The van der Waals surface area contributed by atoms with Crippen LogP contribution in [0.3, 0.4) is 0 Å². The van der Waals surface area contributed by atoms with Crippen molar-refractivity contribution in [2.45, 2.75) is 55.5 Å². The van der Waals surface area contributed by atoms with Gasteiger partial charge in [-0.15, -0.1) is 0 Å². The summed E-state index contributed by atoms with van der Waals surface area (Å²) in [6, 6.07) is 17.7. The van der Waals surface area contributed by atoms with Crippen LogP contribution in [0.1, 0.15) is 49.1 Å². The molecule has 3 aromatic rings. The molecule has 31 heavy (non-hydrogen) atoms. The molecule has 1 aliphatic carbocycles. The molecule has 0 spiro atoms. The second kappa shape index (κ2) is 8.69. The first-order valence-electron chi connectivity index (χ1n) is 11.3. The van der Waals surface area contributed by atoms with Gasteiger partial charge in [-0.25, -0.2) is 13.1 Å². The minimum atomic E-state index is -3.49. The summed E-state index contributed by atoms with van der Waals surface area (Å²) in [6.45, 7) is 2.20. The summed E-state index contributed by atoms with van der Waals surface area (Å²) >= 11 is 0. The summed E-state index contributed by atoms with van der Waals surface area (Å²) in [5.41, 5.74) is 3.47. The number of aromatic nitrogens is 1. The fraction of sp³-hybridized carbons (Fsp3) is 0.400. The number of benzene rings is 2. The molecule has 1 aromatic heterocycles. The van der Waals surface area contributed by atoms with E-state index in [1.54, 1.807) is 12.1 Å². The summed E-state index contributed by atoms with van der Waals surface area (Å²) in [5.74, 6) is 0.585. The Morgan fingerprint density at radius 2 is 1.68 bits per heavy atom. The Labute approximate surface area is 184 Å². The van der Waals surface area contributed by atoms with Crippen LogP contribution in [-0.2, 0) is 16.6 Å². The van der Waals surface area contributed by atoms with Gasteiger partial charge in [0.2, 0.25) is 10.0 Å². The van der Waals surface area contributed by atoms with E-state index < -0.39 is 10.0 Å². The number of nitrogens with one attached hydrogen (secondary N) is 1. The first kappa shape index (κ1) is 20.6. The third kappa shape index (κ3) is 4.52. The standard InChI is InChI=1S/C25H29N3O2S/c29-31(30,24-13-11-20(12-14-24)19-6-2-1-3-7-19)27-23-17-28(18-23)16-22-9-4-8-21-10-5-15-26-25(21)22/h4-5,8-15,19,23,27H,1-3,6-7,16-18H2. The molecule has 0 atom stereocenters. The quantitative estimate of drug-likeness (QED) is 0.622. The molecule has 2 aromatic carbocycles. The van der Waals surface area contributed by atoms with E-state index in [4.69, 9.17) is 0 Å². The normalized spacial score (nSPS) is 18.8. The van der Waals surface area contributed by atoms with Crippen molar-refractivity contribution in [2.75, 3.05) is 13.1 Å². The molecule has 1 saturated heterocycles. The average Bonchev–Trinajstić information content (AvgIpc) is 2.78. The summed E-state index contributed by atoms with van der Waals surface area (Å²) < 4.78 is 28.5. The van der Waals surface area contributed by atoms with Crippen molar-refractivity contribution < 1.29 is 8.42 Å². The molecule has 1 aliphatic heterocycles. The van der Waals surface area contributed by atoms with Crippen LogP contribution in [-0.4, -0.2) is 37.4 Å². The molecule has 0 bridgehead atoms. The number of pyridine rings is 1. The lowest BCUT2D eigenvalue weighted by Crippen LogP contribution is -2.58. The van der Waals surface area contributed by atoms with Crippen LogP contribution in [0.2, 0.25) is 0 Å². The van der Waals surface area contributed by atoms with Crippen LogP contribution < -0.4 is 4.72 Å². The SMILES string of the molecule is O=S(=O)(NC1CN(Cc2cccc3cccnc23)C1)c1ccc(C2CCCCC2)cc1. The molecule has 5 rings (SSSR count). The monoisotopic (exact) mass is 435 g/mol. The van der Waals surface area contributed by atoms with Crippen LogP contribution in [0.15, 0.2) is 65.7 Å². The summed E-state index contributed by atoms with van der Waals surface area (Å²) in [5, 5.41) is 1.13. The summed E-state index contributed by atoms with van der Waals surface area (Å²) in [7, 11) is -3.49. The van der Waals surface area contributed by atoms with Gasteiger partial charge in [-0.2, -0.15) is 0 Å². The van der Waals surface area contributed by atoms with Crippen LogP contribution in [0.25, 0.3) is 10.9 Å². The Hall–Kier alpha value is -2.28. The van der Waals surface area contributed by atoms with Crippen molar-refractivity contribution in [3.8, 4) is 0 Å². The van der Waals surface area contributed by atoms with Crippen molar-refractivity contribution >= 4 is 20.9 Å². The smallest absolute Gasteiger partial charge is 0.240 e. The lowest BCUT2D eigenvalue weighted by atomic mass is 9.84. The van der Waals surface area contributed by atoms with Gasteiger partial charge in [0, 0.05) is 37.3 Å². The lowest BCUT2D eigenvalue weighted by Gasteiger charge is -2.39. The predicted molar refractivity (Wildman–Crippen MR) is 123 cm³/mol. The molecule has 1 N–H and O–H groups in total. The van der Waals surface area contributed by atoms with Gasteiger partial charge in [0.1, 0.15) is 0 Å². The number of rotatable bonds is 6. The highest BCUT2D eigenvalue weighted by atomic mass is 32.2. The maximum absolute atomic E-state index is 12.8. The maximum atomic E-state index is 12.8. The van der Waals surface area contributed by atoms with E-state index in [9.17, 15) is 8.42 Å². The van der Waals surface area contributed by atoms with E-state index in [0.29, 0.717) is 23.9 Å². The first-order valence-corrected chi connectivity index (χ1v) is 12.7. The van der Waals surface area contributed by atoms with Gasteiger partial charge in [0.25, 0.3) is 0 Å². The largest absolute Gasteiger partial charge is 0.296 e. The molecular weight excluding hydrogens is 406 g/mol. The topological polar surface area (TPSA) is 62.3 Å². The van der Waals surface area contributed by atoms with Crippen LogP contribution in [0.5, 0.6) is 0 Å². The molecule has 162 valence electrons. The fourth-order valence-corrected chi connectivity index (χ4v) is 6.17. The minimum Gasteiger partial charge on any atom is -0.296 e. The van der Waals surface area contributed by atoms with Gasteiger partial charge in [-0.3, -0.25) is 9.88 Å². The second-order valence-corrected chi connectivity index (χ2v) is 10.6. The molecule has 2 heterocycles. The Bertz CT molecular complexity index is 1140. The molecule has 6 heteroatoms. The van der Waals surface area contributed by atoms with E-state index >= 15 is 0 Å². The van der Waals surface area contributed by atoms with Gasteiger partial charge < -0.3 is 0 Å². The first-order chi connectivity index (χ1) is 15.1. The zero-order valence-electron chi connectivity index (χ0n) is 17.7. The van der Waals surface area contributed by atoms with E-state index in [-0.39, 0.29) is 6.04 Å². The second-order valence-electron chi connectivity index (χ2n) is 8.91. The Balaban J connectivity index is 1.18. The summed E-state index contributed by atoms with van der Waals surface area (Å²) in [4.78, 5) is 7.13. The maximum Gasteiger partial charge on any atom is 0.240 e. The number of nitrogens with zero attached hydrogens (tertiary/aromatic N) is 2. The third-order valence-electron chi connectivity index (χ3n) is 6.66. The van der Waals surface area contributed by atoms with Crippen molar-refractivity contribution in [3.63, 3.8) is 0 Å². The Kier molecular flexibility index (Phi) is 5.78. The minimum absolute atomic E-state index is 0.0500. The zero-order chi connectivity index (χ0) is 21.3. The predicted octanol–water partition coefficient (Wildman–Crippen LogP) is 4.45.